The molecule has 0 unspecified atom stereocenters. The first-order chi connectivity index (χ1) is 13.8. The smallest absolute Gasteiger partial charge is 0.336 e. The number of nitrogens with zero attached hydrogens (tertiary/aromatic N) is 1. The molecule has 0 aromatic heterocycles. The molecule has 1 heterocycles. The van der Waals surface area contributed by atoms with Crippen LogP contribution in [0.3, 0.4) is 0 Å². The van der Waals surface area contributed by atoms with Gasteiger partial charge in [-0.1, -0.05) is 40.9 Å². The Kier molecular flexibility index (Phi) is 6.02. The highest BCUT2D eigenvalue weighted by molar-refractivity contribution is 6.46. The van der Waals surface area contributed by atoms with E-state index in [1.165, 1.54) is 50.6 Å². The van der Waals surface area contributed by atoms with E-state index in [9.17, 15) is 14.4 Å². The van der Waals surface area contributed by atoms with Crippen molar-refractivity contribution in [3.8, 4) is 11.5 Å². The lowest BCUT2D eigenvalue weighted by Crippen LogP contribution is -2.54. The second-order valence-corrected chi connectivity index (χ2v) is 6.95. The van der Waals surface area contributed by atoms with Gasteiger partial charge in [0.2, 0.25) is 0 Å². The molecule has 1 N–H and O–H groups in total. The number of methoxy groups -OCH3 is 2. The van der Waals surface area contributed by atoms with Crippen LogP contribution in [0.4, 0.5) is 10.5 Å². The zero-order valence-electron chi connectivity index (χ0n) is 15.1. The molecule has 4 amide bonds. The number of imide groups is 2. The Bertz CT molecular complexity index is 1070. The zero-order chi connectivity index (χ0) is 21.3. The highest BCUT2D eigenvalue weighted by Gasteiger charge is 2.38. The third-order valence-corrected chi connectivity index (χ3v) is 5.21. The van der Waals surface area contributed by atoms with E-state index in [4.69, 9.17) is 44.3 Å². The van der Waals surface area contributed by atoms with Crippen molar-refractivity contribution in [2.45, 2.75) is 0 Å². The molecule has 3 rings (SSSR count). The first-order valence-electron chi connectivity index (χ1n) is 8.05. The molecule has 0 aliphatic carbocycles. The molecule has 10 heteroatoms. The molecule has 0 bridgehead atoms. The van der Waals surface area contributed by atoms with Crippen molar-refractivity contribution in [3.63, 3.8) is 0 Å². The summed E-state index contributed by atoms with van der Waals surface area (Å²) in [6, 6.07) is 6.50. The van der Waals surface area contributed by atoms with Crippen molar-refractivity contribution in [2.75, 3.05) is 19.1 Å². The molecular weight excluding hydrogens is 443 g/mol. The summed E-state index contributed by atoms with van der Waals surface area (Å²) in [6.45, 7) is 0. The third-order valence-electron chi connectivity index (χ3n) is 4.08. The molecule has 150 valence electrons. The van der Waals surface area contributed by atoms with Crippen LogP contribution in [0.1, 0.15) is 5.56 Å². The second kappa shape index (κ2) is 8.32. The molecular formula is C19H13Cl3N2O5. The topological polar surface area (TPSA) is 84.9 Å². The SMILES string of the molecule is COc1cc(Cl)c(/C=C2\C(=O)NC(=O)N(c3cccc(Cl)c3Cl)C2=O)cc1OC. The third kappa shape index (κ3) is 3.89. The Hall–Kier alpha value is -2.74. The maximum atomic E-state index is 13.0. The Labute approximate surface area is 180 Å². The van der Waals surface area contributed by atoms with Crippen molar-refractivity contribution >= 4 is 64.4 Å². The number of carbonyl (C=O) groups excluding carboxylic acids is 3. The van der Waals surface area contributed by atoms with Gasteiger partial charge in [0, 0.05) is 6.07 Å². The van der Waals surface area contributed by atoms with Crippen molar-refractivity contribution in [3.05, 3.63) is 56.5 Å². The molecule has 2 aromatic rings. The van der Waals surface area contributed by atoms with E-state index in [1.54, 1.807) is 0 Å². The van der Waals surface area contributed by atoms with Crippen molar-refractivity contribution in [1.29, 1.82) is 0 Å². The van der Waals surface area contributed by atoms with Gasteiger partial charge in [-0.25, -0.2) is 9.69 Å². The Morgan fingerprint density at radius 3 is 2.28 bits per heavy atom. The number of urea groups is 1. The molecule has 0 radical (unpaired) electrons. The van der Waals surface area contributed by atoms with E-state index in [0.29, 0.717) is 17.1 Å². The summed E-state index contributed by atoms with van der Waals surface area (Å²) in [5.74, 6) is -1.03. The summed E-state index contributed by atoms with van der Waals surface area (Å²) in [7, 11) is 2.88. The number of benzene rings is 2. The van der Waals surface area contributed by atoms with Gasteiger partial charge in [-0.15, -0.1) is 0 Å². The molecule has 1 aliphatic rings. The summed E-state index contributed by atoms with van der Waals surface area (Å²) in [5, 5.41) is 2.46. The number of hydrogen-bond donors (Lipinski definition) is 1. The fourth-order valence-corrected chi connectivity index (χ4v) is 3.27. The number of barbiturate groups is 1. The first kappa shape index (κ1) is 21.0. The van der Waals surface area contributed by atoms with E-state index >= 15 is 0 Å². The fourth-order valence-electron chi connectivity index (χ4n) is 2.68. The molecule has 1 aliphatic heterocycles. The minimum absolute atomic E-state index is 0.00415. The normalized spacial score (nSPS) is 15.6. The number of halogens is 3. The van der Waals surface area contributed by atoms with Crippen LogP contribution >= 0.6 is 34.8 Å². The molecule has 0 saturated carbocycles. The lowest BCUT2D eigenvalue weighted by Gasteiger charge is -2.27. The van der Waals surface area contributed by atoms with Gasteiger partial charge in [-0.3, -0.25) is 14.9 Å². The zero-order valence-corrected chi connectivity index (χ0v) is 17.4. The summed E-state index contributed by atoms with van der Waals surface area (Å²) >= 11 is 18.4. The van der Waals surface area contributed by atoms with Crippen molar-refractivity contribution in [1.82, 2.24) is 5.32 Å². The van der Waals surface area contributed by atoms with Gasteiger partial charge in [-0.05, 0) is 29.8 Å². The molecule has 0 atom stereocenters. The van der Waals surface area contributed by atoms with Crippen LogP contribution < -0.4 is 19.7 Å². The van der Waals surface area contributed by atoms with Crippen LogP contribution in [-0.4, -0.2) is 32.1 Å². The van der Waals surface area contributed by atoms with Crippen LogP contribution in [0, 0.1) is 0 Å². The lowest BCUT2D eigenvalue weighted by molar-refractivity contribution is -0.122. The summed E-state index contributed by atoms with van der Waals surface area (Å²) < 4.78 is 10.4. The fraction of sp³-hybridized carbons (Fsp3) is 0.105. The van der Waals surface area contributed by atoms with Gasteiger partial charge >= 0.3 is 6.03 Å². The van der Waals surface area contributed by atoms with Gasteiger partial charge < -0.3 is 9.47 Å². The van der Waals surface area contributed by atoms with E-state index in [1.807, 2.05) is 0 Å². The highest BCUT2D eigenvalue weighted by atomic mass is 35.5. The minimum Gasteiger partial charge on any atom is -0.493 e. The van der Waals surface area contributed by atoms with Gasteiger partial charge in [0.1, 0.15) is 5.57 Å². The van der Waals surface area contributed by atoms with E-state index in [2.05, 4.69) is 5.32 Å². The number of rotatable bonds is 4. The number of amides is 4. The summed E-state index contributed by atoms with van der Waals surface area (Å²) in [4.78, 5) is 38.4. The monoisotopic (exact) mass is 454 g/mol. The Morgan fingerprint density at radius 1 is 0.966 bits per heavy atom. The van der Waals surface area contributed by atoms with E-state index < -0.39 is 17.8 Å². The molecule has 0 spiro atoms. The van der Waals surface area contributed by atoms with Crippen LogP contribution in [0.5, 0.6) is 11.5 Å². The molecule has 1 saturated heterocycles. The van der Waals surface area contributed by atoms with Gasteiger partial charge in [0.05, 0.1) is 35.0 Å². The van der Waals surface area contributed by atoms with Crippen molar-refractivity contribution < 1.29 is 23.9 Å². The molecule has 1 fully saturated rings. The number of hydrogen-bond acceptors (Lipinski definition) is 5. The van der Waals surface area contributed by atoms with Gasteiger partial charge in [0.15, 0.2) is 11.5 Å². The number of carbonyl (C=O) groups is 3. The van der Waals surface area contributed by atoms with Crippen molar-refractivity contribution in [2.24, 2.45) is 0 Å². The predicted octanol–water partition coefficient (Wildman–Crippen LogP) is 4.33. The number of ether oxygens (including phenoxy) is 2. The molecule has 7 nitrogen and oxygen atoms in total. The van der Waals surface area contributed by atoms with Crippen LogP contribution in [-0.2, 0) is 9.59 Å². The van der Waals surface area contributed by atoms with Gasteiger partial charge in [-0.2, -0.15) is 0 Å². The average Bonchev–Trinajstić information content (AvgIpc) is 2.68. The number of anilines is 1. The maximum Gasteiger partial charge on any atom is 0.336 e. The molecule has 2 aromatic carbocycles. The molecule has 29 heavy (non-hydrogen) atoms. The Morgan fingerprint density at radius 2 is 1.62 bits per heavy atom. The maximum absolute atomic E-state index is 13.0. The average molecular weight is 456 g/mol. The quantitative estimate of drug-likeness (QED) is 0.548. The van der Waals surface area contributed by atoms with E-state index in [-0.39, 0.29) is 26.3 Å². The lowest BCUT2D eigenvalue weighted by atomic mass is 10.1. The van der Waals surface area contributed by atoms with Crippen LogP contribution in [0.25, 0.3) is 6.08 Å². The Balaban J connectivity index is 2.10. The summed E-state index contributed by atoms with van der Waals surface area (Å²) in [6.07, 6.45) is 1.25. The highest BCUT2D eigenvalue weighted by Crippen LogP contribution is 2.36. The van der Waals surface area contributed by atoms with Crippen LogP contribution in [0.15, 0.2) is 35.9 Å². The summed E-state index contributed by atoms with van der Waals surface area (Å²) in [5.41, 5.74) is 0.0301. The standard InChI is InChI=1S/C19H13Cl3N2O5/c1-28-14-7-9(12(21)8-15(14)29-2)6-10-17(25)23-19(27)24(18(10)26)13-5-3-4-11(20)16(13)22/h3-8H,1-2H3,(H,23,25,27)/b10-6+. The van der Waals surface area contributed by atoms with Gasteiger partial charge in [0.25, 0.3) is 11.8 Å². The van der Waals surface area contributed by atoms with E-state index in [0.717, 1.165) is 4.90 Å². The second-order valence-electron chi connectivity index (χ2n) is 5.76. The number of nitrogens with one attached hydrogen (secondary N) is 1. The van der Waals surface area contributed by atoms with Crippen LogP contribution in [0.2, 0.25) is 15.1 Å². The largest absolute Gasteiger partial charge is 0.493 e. The first-order valence-corrected chi connectivity index (χ1v) is 9.18. The minimum atomic E-state index is -0.945. The predicted molar refractivity (Wildman–Crippen MR) is 110 cm³/mol.